The number of allylic oxidation sites excluding steroid dienone is 2. The van der Waals surface area contributed by atoms with E-state index in [-0.39, 0.29) is 44.9 Å². The second-order valence-corrected chi connectivity index (χ2v) is 23.5. The summed E-state index contributed by atoms with van der Waals surface area (Å²) in [6.07, 6.45) is -13.5. The highest BCUT2D eigenvalue weighted by atomic mass is 16.7. The van der Waals surface area contributed by atoms with Crippen LogP contribution in [0.5, 0.6) is 0 Å². The van der Waals surface area contributed by atoms with E-state index < -0.39 is 135 Å². The van der Waals surface area contributed by atoms with Crippen LogP contribution in [-0.4, -0.2) is 186 Å². The van der Waals surface area contributed by atoms with Crippen LogP contribution in [0.1, 0.15) is 113 Å². The Morgan fingerprint density at radius 3 is 1.76 bits per heavy atom. The van der Waals surface area contributed by atoms with Gasteiger partial charge < -0.3 is 90.1 Å². The Kier molecular flexibility index (Phi) is 15.0. The maximum Gasteiger partial charge on any atom is 0.315 e. The summed E-state index contributed by atoms with van der Waals surface area (Å²) in [5, 5.41) is 115. The van der Waals surface area contributed by atoms with Gasteiger partial charge in [0, 0.05) is 0 Å². The summed E-state index contributed by atoms with van der Waals surface area (Å²) in [4.78, 5) is 14.7. The Bertz CT molecular complexity index is 1790. The van der Waals surface area contributed by atoms with E-state index in [1.165, 1.54) is 5.57 Å². The quantitative estimate of drug-likeness (QED) is 0.0775. The Balaban J connectivity index is 0.00000666. The SMILES string of the molecule is CC1(C)CC[C@]2(C(=O)O[C@@H]3O[C@H](CO)[C@@H](O)[C@H](O)[C@H]3O)CC[C@]3(C)C(=CCC4[C@@]5(C)CC[C@@H](O[C@@H]6O[C@H](CO)[C@@H](O[C@@H]7O[C@H](CO)[C@H](O)[C@H](O)[C@H]7O)[C@H](O)[C@H]6O)C(C)(C)C5CC[C@]43C)[C@@H]2C1.O. The highest BCUT2D eigenvalue weighted by molar-refractivity contribution is 5.79. The van der Waals surface area contributed by atoms with Gasteiger partial charge in [-0.15, -0.1) is 0 Å². The standard InChI is InChI=1S/C48H78O18.H2O/c1-43(2)14-16-48(42(60)66-41-36(58)33(55)31(53)25(20-50)62-41)17-15-46(6)22(23(48)18-43)8-9-28-45(5)12-11-29(44(3,4)27(45)10-13-47(28,46)7)64-39-37(59)34(56)38(26(21-51)63-39)65-40-35(57)32(54)30(52)24(19-49)61-40;/h8,23-41,49-59H,9-21H2,1-7H3;1H2/t23-,24+,25+,26+,27?,28?,29+,30-,31+,32-,33-,34+,35+,36+,37+,38+,39-,40-,41-,45-,46+,47+,48-;/m0./s1. The summed E-state index contributed by atoms with van der Waals surface area (Å²) in [5.74, 6) is -0.157. The summed E-state index contributed by atoms with van der Waals surface area (Å²) in [5.41, 5.74) is -0.613. The molecule has 0 amide bonds. The molecule has 4 saturated carbocycles. The molecule has 2 unspecified atom stereocenters. The van der Waals surface area contributed by atoms with Crippen molar-refractivity contribution in [2.45, 2.75) is 211 Å². The zero-order valence-corrected chi connectivity index (χ0v) is 40.0. The highest BCUT2D eigenvalue weighted by Crippen LogP contribution is 2.76. The van der Waals surface area contributed by atoms with Gasteiger partial charge in [-0.3, -0.25) is 4.79 Å². The molecule has 0 aromatic heterocycles. The van der Waals surface area contributed by atoms with E-state index in [1.807, 2.05) is 0 Å². The predicted octanol–water partition coefficient (Wildman–Crippen LogP) is -0.684. The molecule has 3 aliphatic heterocycles. The number of carbonyl (C=O) groups is 1. The highest BCUT2D eigenvalue weighted by Gasteiger charge is 2.70. The molecule has 19 nitrogen and oxygen atoms in total. The Hall–Kier alpha value is -1.47. The van der Waals surface area contributed by atoms with Crippen LogP contribution in [0, 0.1) is 50.2 Å². The van der Waals surface area contributed by atoms with Crippen LogP contribution < -0.4 is 0 Å². The van der Waals surface area contributed by atoms with Crippen molar-refractivity contribution in [2.24, 2.45) is 50.2 Å². The number of ether oxygens (including phenoxy) is 6. The fourth-order valence-corrected chi connectivity index (χ4v) is 15.0. The normalized spacial score (nSPS) is 52.5. The van der Waals surface area contributed by atoms with E-state index >= 15 is 0 Å². The first-order valence-electron chi connectivity index (χ1n) is 24.3. The molecule has 7 fully saturated rings. The Labute approximate surface area is 392 Å². The molecule has 13 N–H and O–H groups in total. The lowest BCUT2D eigenvalue weighted by molar-refractivity contribution is -0.368. The summed E-state index contributed by atoms with van der Waals surface area (Å²) >= 11 is 0. The number of aliphatic hydroxyl groups excluding tert-OH is 11. The lowest BCUT2D eigenvalue weighted by atomic mass is 9.33. The van der Waals surface area contributed by atoms with Gasteiger partial charge in [-0.05, 0) is 109 Å². The summed E-state index contributed by atoms with van der Waals surface area (Å²) in [6.45, 7) is 14.1. The minimum atomic E-state index is -1.77. The zero-order chi connectivity index (χ0) is 48.3. The molecular weight excluding hydrogens is 881 g/mol. The molecule has 8 rings (SSSR count). The van der Waals surface area contributed by atoms with Crippen molar-refractivity contribution >= 4 is 5.97 Å². The van der Waals surface area contributed by atoms with Crippen molar-refractivity contribution in [1.82, 2.24) is 0 Å². The molecule has 386 valence electrons. The number of hydrogen-bond acceptors (Lipinski definition) is 18. The van der Waals surface area contributed by atoms with E-state index in [4.69, 9.17) is 28.4 Å². The monoisotopic (exact) mass is 961 g/mol. The van der Waals surface area contributed by atoms with Crippen molar-refractivity contribution in [2.75, 3.05) is 19.8 Å². The van der Waals surface area contributed by atoms with Crippen molar-refractivity contribution in [1.29, 1.82) is 0 Å². The molecule has 5 aliphatic carbocycles. The van der Waals surface area contributed by atoms with E-state index in [9.17, 15) is 61.0 Å². The summed E-state index contributed by atoms with van der Waals surface area (Å²) in [7, 11) is 0. The van der Waals surface area contributed by atoms with Crippen molar-refractivity contribution in [3.05, 3.63) is 11.6 Å². The lowest BCUT2D eigenvalue weighted by Gasteiger charge is -2.71. The fraction of sp³-hybridized carbons (Fsp3) is 0.938. The average molecular weight is 961 g/mol. The molecule has 0 spiro atoms. The molecule has 19 heteroatoms. The molecule has 8 aliphatic rings. The maximum absolute atomic E-state index is 14.7. The largest absolute Gasteiger partial charge is 0.432 e. The van der Waals surface area contributed by atoms with Crippen molar-refractivity contribution in [3.63, 3.8) is 0 Å². The third-order valence-corrected chi connectivity index (χ3v) is 19.3. The molecule has 0 aromatic carbocycles. The smallest absolute Gasteiger partial charge is 0.315 e. The molecule has 0 aromatic rings. The zero-order valence-electron chi connectivity index (χ0n) is 40.0. The third kappa shape index (κ3) is 8.38. The van der Waals surface area contributed by atoms with E-state index in [0.29, 0.717) is 19.3 Å². The van der Waals surface area contributed by atoms with Gasteiger partial charge in [0.1, 0.15) is 73.2 Å². The first-order chi connectivity index (χ1) is 30.9. The minimum Gasteiger partial charge on any atom is -0.432 e. The van der Waals surface area contributed by atoms with Gasteiger partial charge in [0.2, 0.25) is 6.29 Å². The van der Waals surface area contributed by atoms with E-state index in [1.54, 1.807) is 0 Å². The van der Waals surface area contributed by atoms with Gasteiger partial charge in [-0.1, -0.05) is 60.1 Å². The lowest BCUT2D eigenvalue weighted by Crippen LogP contribution is -2.67. The van der Waals surface area contributed by atoms with Crippen molar-refractivity contribution < 1.29 is 94.9 Å². The van der Waals surface area contributed by atoms with Gasteiger partial charge in [0.05, 0.1) is 31.3 Å². The third-order valence-electron chi connectivity index (χ3n) is 19.3. The van der Waals surface area contributed by atoms with Crippen LogP contribution in [0.15, 0.2) is 11.6 Å². The molecule has 67 heavy (non-hydrogen) atoms. The van der Waals surface area contributed by atoms with Crippen LogP contribution in [0.25, 0.3) is 0 Å². The predicted molar refractivity (Wildman–Crippen MR) is 234 cm³/mol. The fourth-order valence-electron chi connectivity index (χ4n) is 15.0. The van der Waals surface area contributed by atoms with E-state index in [2.05, 4.69) is 54.5 Å². The molecular formula is C48H80O19. The number of rotatable bonds is 9. The van der Waals surface area contributed by atoms with Gasteiger partial charge in [-0.25, -0.2) is 0 Å². The Morgan fingerprint density at radius 2 is 1.15 bits per heavy atom. The molecule has 0 radical (unpaired) electrons. The average Bonchev–Trinajstić information content (AvgIpc) is 3.27. The number of esters is 1. The number of fused-ring (bicyclic) bond motifs is 7. The second-order valence-electron chi connectivity index (χ2n) is 23.5. The van der Waals surface area contributed by atoms with Crippen LogP contribution in [0.2, 0.25) is 0 Å². The van der Waals surface area contributed by atoms with Gasteiger partial charge in [0.15, 0.2) is 12.6 Å². The number of aliphatic hydroxyl groups is 11. The minimum absolute atomic E-state index is 0. The second kappa shape index (κ2) is 18.9. The van der Waals surface area contributed by atoms with Crippen LogP contribution in [-0.2, 0) is 33.2 Å². The van der Waals surface area contributed by atoms with Gasteiger partial charge in [0.25, 0.3) is 0 Å². The van der Waals surface area contributed by atoms with Crippen LogP contribution in [0.4, 0.5) is 0 Å². The first-order valence-corrected chi connectivity index (χ1v) is 24.3. The first kappa shape index (κ1) is 53.3. The number of carbonyl (C=O) groups excluding carboxylic acids is 1. The summed E-state index contributed by atoms with van der Waals surface area (Å²) in [6, 6.07) is 0. The van der Waals surface area contributed by atoms with E-state index in [0.717, 1.165) is 44.9 Å². The maximum atomic E-state index is 14.7. The Morgan fingerprint density at radius 1 is 0.612 bits per heavy atom. The number of hydrogen-bond donors (Lipinski definition) is 11. The van der Waals surface area contributed by atoms with Crippen LogP contribution >= 0.6 is 0 Å². The molecule has 0 bridgehead atoms. The van der Waals surface area contributed by atoms with Crippen LogP contribution in [0.3, 0.4) is 0 Å². The van der Waals surface area contributed by atoms with Gasteiger partial charge >= 0.3 is 5.97 Å². The topological polar surface area (TPSA) is 326 Å². The summed E-state index contributed by atoms with van der Waals surface area (Å²) < 4.78 is 35.6. The molecule has 3 saturated heterocycles. The molecule has 23 atom stereocenters. The van der Waals surface area contributed by atoms with Crippen molar-refractivity contribution in [3.8, 4) is 0 Å². The molecule has 3 heterocycles. The van der Waals surface area contributed by atoms with Gasteiger partial charge in [-0.2, -0.15) is 0 Å².